The van der Waals surface area contributed by atoms with E-state index < -0.39 is 23.1 Å². The van der Waals surface area contributed by atoms with Gasteiger partial charge in [-0.2, -0.15) is 18.3 Å². The molecule has 0 aliphatic carbocycles. The van der Waals surface area contributed by atoms with Crippen molar-refractivity contribution in [3.8, 4) is 11.3 Å². The van der Waals surface area contributed by atoms with Crippen molar-refractivity contribution in [3.05, 3.63) is 60.0 Å². The summed E-state index contributed by atoms with van der Waals surface area (Å²) in [7, 11) is 0. The smallest absolute Gasteiger partial charge is 0.383 e. The molecule has 3 aromatic heterocycles. The van der Waals surface area contributed by atoms with Crippen LogP contribution in [0, 0.1) is 5.41 Å². The van der Waals surface area contributed by atoms with E-state index in [4.69, 9.17) is 15.6 Å². The third kappa shape index (κ3) is 5.02. The minimum absolute atomic E-state index is 0.0680. The van der Waals surface area contributed by atoms with Gasteiger partial charge in [-0.3, -0.25) is 9.59 Å². The van der Waals surface area contributed by atoms with E-state index in [1.165, 1.54) is 18.5 Å². The monoisotopic (exact) mass is 580 g/mol. The van der Waals surface area contributed by atoms with E-state index in [0.717, 1.165) is 31.2 Å². The van der Waals surface area contributed by atoms with Crippen molar-refractivity contribution in [1.29, 1.82) is 0 Å². The number of likely N-dealkylation sites (tertiary alicyclic amines) is 1. The van der Waals surface area contributed by atoms with Crippen LogP contribution in [0.15, 0.2) is 48.9 Å². The predicted molar refractivity (Wildman–Crippen MR) is 146 cm³/mol. The van der Waals surface area contributed by atoms with E-state index in [1.54, 1.807) is 16.8 Å². The number of halogens is 3. The highest BCUT2D eigenvalue weighted by atomic mass is 19.4. The Bertz CT molecular complexity index is 1670. The molecule has 5 heterocycles. The molecule has 2 amide bonds. The molecule has 2 aliphatic rings. The van der Waals surface area contributed by atoms with Gasteiger partial charge in [0.05, 0.1) is 35.6 Å². The quantitative estimate of drug-likeness (QED) is 0.362. The highest BCUT2D eigenvalue weighted by molar-refractivity contribution is 6.04. The van der Waals surface area contributed by atoms with Crippen LogP contribution >= 0.6 is 0 Å². The summed E-state index contributed by atoms with van der Waals surface area (Å²) in [6.45, 7) is 3.87. The van der Waals surface area contributed by atoms with Gasteiger partial charge in [-0.15, -0.1) is 0 Å². The SMILES string of the molecule is CC1(C(=O)N2CCCC(n3nc(-c4ccc(C(=O)Nc5cc(C(F)(F)F)ccn5)cc4)c4c(N)ncnc43)C2)COC1. The molecule has 0 saturated carbocycles. The second-order valence-electron chi connectivity index (χ2n) is 10.8. The van der Waals surface area contributed by atoms with E-state index >= 15 is 0 Å². The Labute approximate surface area is 237 Å². The van der Waals surface area contributed by atoms with Crippen molar-refractivity contribution in [1.82, 2.24) is 29.6 Å². The standard InChI is InChI=1S/C28H27F3N8O3/c1-27(13-42-14-27)26(41)38-10-2-3-19(12-38)39-24-21(23(32)34-15-35-24)22(37-39)16-4-6-17(7-5-16)25(40)36-20-11-18(8-9-33-20)28(29,30)31/h4-9,11,15,19H,2-3,10,12-14H2,1H3,(H2,32,34,35)(H,33,36,40). The second-order valence-corrected chi connectivity index (χ2v) is 10.8. The van der Waals surface area contributed by atoms with Crippen LogP contribution in [0.3, 0.4) is 0 Å². The van der Waals surface area contributed by atoms with E-state index in [0.29, 0.717) is 48.6 Å². The lowest BCUT2D eigenvalue weighted by atomic mass is 9.86. The molecule has 0 spiro atoms. The minimum atomic E-state index is -4.56. The highest BCUT2D eigenvalue weighted by Gasteiger charge is 2.44. The summed E-state index contributed by atoms with van der Waals surface area (Å²) in [5, 5.41) is 7.81. The summed E-state index contributed by atoms with van der Waals surface area (Å²) in [4.78, 5) is 40.2. The van der Waals surface area contributed by atoms with Gasteiger partial charge in [0.25, 0.3) is 5.91 Å². The summed E-state index contributed by atoms with van der Waals surface area (Å²) in [5.74, 6) is -0.531. The Morgan fingerprint density at radius 3 is 2.57 bits per heavy atom. The maximum absolute atomic E-state index is 13.2. The van der Waals surface area contributed by atoms with Crippen LogP contribution < -0.4 is 11.1 Å². The third-order valence-corrected chi connectivity index (χ3v) is 7.65. The molecule has 3 N–H and O–H groups in total. The lowest BCUT2D eigenvalue weighted by molar-refractivity contribution is -0.170. The lowest BCUT2D eigenvalue weighted by Crippen LogP contribution is -2.55. The number of nitrogens with one attached hydrogen (secondary N) is 1. The fourth-order valence-electron chi connectivity index (χ4n) is 5.35. The van der Waals surface area contributed by atoms with Gasteiger partial charge in [0.1, 0.15) is 23.7 Å². The number of nitrogens with zero attached hydrogens (tertiary/aromatic N) is 6. The Kier molecular flexibility index (Phi) is 6.80. The van der Waals surface area contributed by atoms with Gasteiger partial charge in [-0.05, 0) is 44.0 Å². The number of aromatic nitrogens is 5. The van der Waals surface area contributed by atoms with E-state index in [1.807, 2.05) is 11.8 Å². The van der Waals surface area contributed by atoms with Gasteiger partial charge in [-0.1, -0.05) is 12.1 Å². The number of hydrogen-bond acceptors (Lipinski definition) is 8. The zero-order valence-electron chi connectivity index (χ0n) is 22.6. The van der Waals surface area contributed by atoms with Gasteiger partial charge in [-0.25, -0.2) is 19.6 Å². The Hall–Kier alpha value is -4.59. The number of alkyl halides is 3. The molecular weight excluding hydrogens is 553 g/mol. The minimum Gasteiger partial charge on any atom is -0.383 e. The maximum atomic E-state index is 13.2. The zero-order chi connectivity index (χ0) is 29.6. The van der Waals surface area contributed by atoms with Gasteiger partial charge in [0, 0.05) is 30.4 Å². The Morgan fingerprint density at radius 2 is 1.88 bits per heavy atom. The molecule has 42 heavy (non-hydrogen) atoms. The number of ether oxygens (including phenoxy) is 1. The van der Waals surface area contributed by atoms with E-state index in [2.05, 4.69) is 20.3 Å². The summed E-state index contributed by atoms with van der Waals surface area (Å²) < 4.78 is 46.2. The zero-order valence-corrected chi connectivity index (χ0v) is 22.6. The number of rotatable bonds is 5. The summed E-state index contributed by atoms with van der Waals surface area (Å²) in [6, 6.07) is 7.87. The fraction of sp³-hybridized carbons (Fsp3) is 0.357. The molecule has 2 saturated heterocycles. The molecule has 14 heteroatoms. The van der Waals surface area contributed by atoms with Crippen molar-refractivity contribution in [2.24, 2.45) is 5.41 Å². The van der Waals surface area contributed by atoms with Crippen molar-refractivity contribution >= 4 is 34.5 Å². The van der Waals surface area contributed by atoms with E-state index in [9.17, 15) is 22.8 Å². The van der Waals surface area contributed by atoms with Gasteiger partial charge in [0.15, 0.2) is 5.65 Å². The van der Waals surface area contributed by atoms with Crippen LogP contribution in [-0.4, -0.2) is 67.7 Å². The Morgan fingerprint density at radius 1 is 1.12 bits per heavy atom. The summed E-state index contributed by atoms with van der Waals surface area (Å²) >= 11 is 0. The molecule has 0 radical (unpaired) electrons. The van der Waals surface area contributed by atoms with Crippen LogP contribution in [0.4, 0.5) is 24.8 Å². The number of anilines is 2. The average molecular weight is 581 g/mol. The molecule has 11 nitrogen and oxygen atoms in total. The maximum Gasteiger partial charge on any atom is 0.416 e. The molecule has 6 rings (SSSR count). The molecule has 1 atom stereocenters. The number of hydrogen-bond donors (Lipinski definition) is 2. The van der Waals surface area contributed by atoms with Crippen molar-refractivity contribution < 1.29 is 27.5 Å². The molecular formula is C28H27F3N8O3. The third-order valence-electron chi connectivity index (χ3n) is 7.65. The first-order valence-corrected chi connectivity index (χ1v) is 13.3. The molecule has 1 aromatic carbocycles. The van der Waals surface area contributed by atoms with Crippen LogP contribution in [0.25, 0.3) is 22.3 Å². The van der Waals surface area contributed by atoms with Crippen molar-refractivity contribution in [3.63, 3.8) is 0 Å². The van der Waals surface area contributed by atoms with Gasteiger partial charge >= 0.3 is 6.18 Å². The topological polar surface area (TPSA) is 141 Å². The van der Waals surface area contributed by atoms with Crippen molar-refractivity contribution in [2.45, 2.75) is 32.0 Å². The van der Waals surface area contributed by atoms with Crippen LogP contribution in [0.1, 0.15) is 41.7 Å². The normalized spacial score (nSPS) is 18.5. The number of carbonyl (C=O) groups is 2. The van der Waals surface area contributed by atoms with Crippen LogP contribution in [0.5, 0.6) is 0 Å². The number of fused-ring (bicyclic) bond motifs is 1. The number of nitrogen functional groups attached to an aromatic ring is 1. The van der Waals surface area contributed by atoms with Gasteiger partial charge < -0.3 is 20.7 Å². The van der Waals surface area contributed by atoms with Crippen molar-refractivity contribution in [2.75, 3.05) is 37.4 Å². The fourth-order valence-corrected chi connectivity index (χ4v) is 5.35. The molecule has 0 bridgehead atoms. The first-order chi connectivity index (χ1) is 20.0. The number of benzene rings is 1. The molecule has 2 aliphatic heterocycles. The summed E-state index contributed by atoms with van der Waals surface area (Å²) in [6.07, 6.45) is -0.613. The first kappa shape index (κ1) is 27.6. The summed E-state index contributed by atoms with van der Waals surface area (Å²) in [5.41, 5.74) is 6.74. The van der Waals surface area contributed by atoms with Gasteiger partial charge in [0.2, 0.25) is 5.91 Å². The molecule has 4 aromatic rings. The van der Waals surface area contributed by atoms with Crippen LogP contribution in [-0.2, 0) is 15.7 Å². The average Bonchev–Trinajstić information content (AvgIpc) is 3.36. The van der Waals surface area contributed by atoms with E-state index in [-0.39, 0.29) is 29.1 Å². The second kappa shape index (κ2) is 10.4. The molecule has 218 valence electrons. The number of piperidine rings is 1. The highest BCUT2D eigenvalue weighted by Crippen LogP contribution is 2.36. The largest absolute Gasteiger partial charge is 0.416 e. The molecule has 2 fully saturated rings. The number of pyridine rings is 1. The number of nitrogens with two attached hydrogens (primary N) is 1. The van der Waals surface area contributed by atoms with Crippen LogP contribution in [0.2, 0.25) is 0 Å². The molecule has 1 unspecified atom stereocenters. The first-order valence-electron chi connectivity index (χ1n) is 13.3. The number of carbonyl (C=O) groups excluding carboxylic acids is 2. The lowest BCUT2D eigenvalue weighted by Gasteiger charge is -2.43. The Balaban J connectivity index is 1.26. The number of amides is 2. The predicted octanol–water partition coefficient (Wildman–Crippen LogP) is 3.94.